The first kappa shape index (κ1) is 19.0. The highest BCUT2D eigenvalue weighted by Crippen LogP contribution is 2.56. The maximum absolute atomic E-state index is 6.56. The van der Waals surface area contributed by atoms with Crippen molar-refractivity contribution in [3.63, 3.8) is 0 Å². The number of hydrogen-bond acceptors (Lipinski definition) is 3. The Balaban J connectivity index is 1.66. The number of hydrogen-bond donors (Lipinski definition) is 0. The molecular formula is C28H18BrNO2. The molecule has 0 radical (unpaired) electrons. The molecule has 0 N–H and O–H groups in total. The van der Waals surface area contributed by atoms with Crippen LogP contribution in [-0.4, -0.2) is 0 Å². The van der Waals surface area contributed by atoms with Gasteiger partial charge in [-0.05, 0) is 63.8 Å². The van der Waals surface area contributed by atoms with Gasteiger partial charge in [0.05, 0.1) is 10.2 Å². The molecule has 0 saturated carbocycles. The van der Waals surface area contributed by atoms with Crippen molar-refractivity contribution in [1.82, 2.24) is 0 Å². The molecule has 0 saturated heterocycles. The van der Waals surface area contributed by atoms with Crippen LogP contribution in [0.25, 0.3) is 10.8 Å². The molecule has 3 nitrogen and oxygen atoms in total. The first-order valence-electron chi connectivity index (χ1n) is 10.4. The van der Waals surface area contributed by atoms with Gasteiger partial charge in [0.25, 0.3) is 0 Å². The van der Waals surface area contributed by atoms with Crippen molar-refractivity contribution >= 4 is 43.8 Å². The zero-order valence-electron chi connectivity index (χ0n) is 17.0. The molecule has 0 spiro atoms. The zero-order valence-corrected chi connectivity index (χ0v) is 18.6. The molecule has 5 aromatic rings. The van der Waals surface area contributed by atoms with Crippen molar-refractivity contribution in [2.24, 2.45) is 0 Å². The van der Waals surface area contributed by atoms with Crippen LogP contribution in [0.2, 0.25) is 0 Å². The maximum Gasteiger partial charge on any atom is 0.194 e. The Kier molecular flexibility index (Phi) is 4.58. The third-order valence-corrected chi connectivity index (χ3v) is 6.18. The fourth-order valence-corrected chi connectivity index (χ4v) is 4.54. The lowest BCUT2D eigenvalue weighted by molar-refractivity contribution is 0.362. The van der Waals surface area contributed by atoms with Crippen molar-refractivity contribution in [3.05, 3.63) is 114 Å². The summed E-state index contributed by atoms with van der Waals surface area (Å²) >= 11 is 3.62. The Morgan fingerprint density at radius 3 is 1.94 bits per heavy atom. The van der Waals surface area contributed by atoms with Crippen molar-refractivity contribution in [3.8, 4) is 23.0 Å². The summed E-state index contributed by atoms with van der Waals surface area (Å²) in [5.74, 6) is 2.79. The normalized spacial score (nSPS) is 11.8. The van der Waals surface area contributed by atoms with Gasteiger partial charge in [-0.15, -0.1) is 0 Å². The average Bonchev–Trinajstić information content (AvgIpc) is 2.85. The van der Waals surface area contributed by atoms with Crippen LogP contribution in [0.15, 0.2) is 114 Å². The average molecular weight is 480 g/mol. The van der Waals surface area contributed by atoms with Crippen LogP contribution in [0.4, 0.5) is 17.1 Å². The van der Waals surface area contributed by atoms with Gasteiger partial charge in [0.1, 0.15) is 0 Å². The number of benzene rings is 5. The highest BCUT2D eigenvalue weighted by atomic mass is 79.9. The van der Waals surface area contributed by atoms with Crippen LogP contribution >= 0.6 is 15.9 Å². The minimum Gasteiger partial charge on any atom is -0.449 e. The monoisotopic (exact) mass is 479 g/mol. The summed E-state index contributed by atoms with van der Waals surface area (Å²) in [6, 6.07) is 36.9. The topological polar surface area (TPSA) is 21.7 Å². The van der Waals surface area contributed by atoms with E-state index in [0.717, 1.165) is 38.1 Å². The highest BCUT2D eigenvalue weighted by Gasteiger charge is 2.29. The van der Waals surface area contributed by atoms with E-state index >= 15 is 0 Å². The molecule has 1 heterocycles. The Hall–Kier alpha value is -3.76. The summed E-state index contributed by atoms with van der Waals surface area (Å²) in [7, 11) is 0. The molecule has 154 valence electrons. The van der Waals surface area contributed by atoms with Gasteiger partial charge in [0, 0.05) is 16.8 Å². The van der Waals surface area contributed by atoms with Gasteiger partial charge in [-0.3, -0.25) is 0 Å². The van der Waals surface area contributed by atoms with Crippen LogP contribution < -0.4 is 14.4 Å². The van der Waals surface area contributed by atoms with Gasteiger partial charge in [-0.1, -0.05) is 66.7 Å². The molecule has 5 aromatic carbocycles. The van der Waals surface area contributed by atoms with E-state index in [-0.39, 0.29) is 0 Å². The number of halogens is 1. The Morgan fingerprint density at radius 2 is 1.22 bits per heavy atom. The minimum absolute atomic E-state index is 0.678. The second-order valence-corrected chi connectivity index (χ2v) is 8.41. The quantitative estimate of drug-likeness (QED) is 0.252. The van der Waals surface area contributed by atoms with E-state index in [1.54, 1.807) is 0 Å². The molecule has 32 heavy (non-hydrogen) atoms. The summed E-state index contributed by atoms with van der Waals surface area (Å²) in [5.41, 5.74) is 2.99. The molecule has 0 bridgehead atoms. The number of nitrogens with zero attached hydrogens (tertiary/aromatic N) is 1. The van der Waals surface area contributed by atoms with E-state index in [1.165, 1.54) is 0 Å². The second kappa shape index (κ2) is 7.74. The van der Waals surface area contributed by atoms with E-state index in [0.29, 0.717) is 17.2 Å². The molecule has 1 aliphatic heterocycles. The summed E-state index contributed by atoms with van der Waals surface area (Å²) in [6.07, 6.45) is 0. The number of para-hydroxylation sites is 3. The third kappa shape index (κ3) is 3.12. The van der Waals surface area contributed by atoms with Gasteiger partial charge in [-0.25, -0.2) is 0 Å². The fourth-order valence-electron chi connectivity index (χ4n) is 4.11. The molecule has 6 rings (SSSR count). The lowest BCUT2D eigenvalue weighted by atomic mass is 10.0. The summed E-state index contributed by atoms with van der Waals surface area (Å²) in [6.45, 7) is 0. The first-order chi connectivity index (χ1) is 15.8. The Labute approximate surface area is 194 Å². The summed E-state index contributed by atoms with van der Waals surface area (Å²) in [4.78, 5) is 2.20. The van der Waals surface area contributed by atoms with Gasteiger partial charge < -0.3 is 14.4 Å². The van der Waals surface area contributed by atoms with Crippen molar-refractivity contribution in [2.75, 3.05) is 4.90 Å². The van der Waals surface area contributed by atoms with E-state index in [2.05, 4.69) is 63.3 Å². The van der Waals surface area contributed by atoms with Crippen molar-refractivity contribution < 1.29 is 9.47 Å². The molecule has 0 aliphatic carbocycles. The molecule has 0 atom stereocenters. The van der Waals surface area contributed by atoms with Crippen LogP contribution in [0.3, 0.4) is 0 Å². The molecule has 0 aromatic heterocycles. The van der Waals surface area contributed by atoms with Crippen LogP contribution in [0.5, 0.6) is 23.0 Å². The fraction of sp³-hybridized carbons (Fsp3) is 0. The number of fused-ring (bicyclic) bond motifs is 4. The predicted octanol–water partition coefficient (Wildman–Crippen LogP) is 8.97. The van der Waals surface area contributed by atoms with Gasteiger partial charge in [-0.2, -0.15) is 0 Å². The predicted molar refractivity (Wildman–Crippen MR) is 133 cm³/mol. The lowest BCUT2D eigenvalue weighted by Gasteiger charge is -2.31. The third-order valence-electron chi connectivity index (χ3n) is 5.55. The summed E-state index contributed by atoms with van der Waals surface area (Å²) < 4.78 is 13.9. The van der Waals surface area contributed by atoms with Crippen molar-refractivity contribution in [1.29, 1.82) is 0 Å². The van der Waals surface area contributed by atoms with Crippen LogP contribution in [0, 0.1) is 0 Å². The van der Waals surface area contributed by atoms with Gasteiger partial charge >= 0.3 is 0 Å². The molecule has 0 unspecified atom stereocenters. The maximum atomic E-state index is 6.56. The molecule has 0 fully saturated rings. The van der Waals surface area contributed by atoms with Crippen LogP contribution in [-0.2, 0) is 0 Å². The van der Waals surface area contributed by atoms with E-state index < -0.39 is 0 Å². The Morgan fingerprint density at radius 1 is 0.562 bits per heavy atom. The second-order valence-electron chi connectivity index (χ2n) is 7.55. The number of rotatable bonds is 3. The number of ether oxygens (including phenoxy) is 2. The largest absolute Gasteiger partial charge is 0.449 e. The smallest absolute Gasteiger partial charge is 0.194 e. The van der Waals surface area contributed by atoms with E-state index in [9.17, 15) is 0 Å². The van der Waals surface area contributed by atoms with Crippen LogP contribution in [0.1, 0.15) is 0 Å². The van der Waals surface area contributed by atoms with Crippen molar-refractivity contribution in [2.45, 2.75) is 0 Å². The zero-order chi connectivity index (χ0) is 21.5. The molecular weight excluding hydrogens is 462 g/mol. The first-order valence-corrected chi connectivity index (χ1v) is 11.2. The van der Waals surface area contributed by atoms with Gasteiger partial charge in [0.15, 0.2) is 23.0 Å². The van der Waals surface area contributed by atoms with Gasteiger partial charge in [0.2, 0.25) is 0 Å². The molecule has 4 heteroatoms. The minimum atomic E-state index is 0.678. The summed E-state index contributed by atoms with van der Waals surface area (Å²) in [5, 5.41) is 2.10. The molecule has 1 aliphatic rings. The standard InChI is InChI=1S/C28H18BrNO2/c29-23-16-9-17-25-27(23)32-28-24(18-19-10-7-8-15-22(19)26(28)31-25)30(20-11-3-1-4-12-20)21-13-5-2-6-14-21/h1-18H. The number of anilines is 3. The lowest BCUT2D eigenvalue weighted by Crippen LogP contribution is -2.13. The molecule has 0 amide bonds. The van der Waals surface area contributed by atoms with E-state index in [4.69, 9.17) is 9.47 Å². The SMILES string of the molecule is Brc1cccc2c1Oc1c(N(c3ccccc3)c3ccccc3)cc3ccccc3c1O2. The Bertz CT molecular complexity index is 1400. The highest BCUT2D eigenvalue weighted by molar-refractivity contribution is 9.10. The van der Waals surface area contributed by atoms with E-state index in [1.807, 2.05) is 66.7 Å².